The Morgan fingerprint density at radius 1 is 0.914 bits per heavy atom. The summed E-state index contributed by atoms with van der Waals surface area (Å²) in [4.78, 5) is 30.0. The van der Waals surface area contributed by atoms with Crippen LogP contribution in [-0.2, 0) is 4.79 Å². The van der Waals surface area contributed by atoms with Gasteiger partial charge in [-0.15, -0.1) is 0 Å². The van der Waals surface area contributed by atoms with Gasteiger partial charge in [-0.1, -0.05) is 31.4 Å². The molecule has 2 aromatic rings. The number of benzene rings is 2. The lowest BCUT2D eigenvalue weighted by molar-refractivity contribution is -0.135. The summed E-state index contributed by atoms with van der Waals surface area (Å²) in [6.07, 6.45) is 5.78. The second-order valence-electron chi connectivity index (χ2n) is 9.95. The van der Waals surface area contributed by atoms with Gasteiger partial charge in [0.2, 0.25) is 5.91 Å². The van der Waals surface area contributed by atoms with Crippen molar-refractivity contribution < 1.29 is 18.4 Å². The number of halogens is 2. The largest absolute Gasteiger partial charge is 0.340 e. The molecule has 0 radical (unpaired) electrons. The van der Waals surface area contributed by atoms with E-state index < -0.39 is 11.9 Å². The lowest BCUT2D eigenvalue weighted by Gasteiger charge is -2.34. The Hall–Kier alpha value is -2.80. The van der Waals surface area contributed by atoms with E-state index in [0.29, 0.717) is 36.9 Å². The zero-order valence-corrected chi connectivity index (χ0v) is 20.4. The fraction of sp³-hybridized carbons (Fsp3) is 0.500. The van der Waals surface area contributed by atoms with Crippen LogP contribution in [0.2, 0.25) is 0 Å². The molecule has 1 saturated heterocycles. The zero-order valence-electron chi connectivity index (χ0n) is 20.4. The molecule has 0 spiro atoms. The van der Waals surface area contributed by atoms with Crippen molar-refractivity contribution in [2.45, 2.75) is 50.5 Å². The van der Waals surface area contributed by atoms with Crippen molar-refractivity contribution in [1.82, 2.24) is 15.1 Å². The van der Waals surface area contributed by atoms with E-state index in [-0.39, 0.29) is 17.6 Å². The number of carbonyl (C=O) groups excluding carboxylic acids is 2. The minimum atomic E-state index is -0.580. The van der Waals surface area contributed by atoms with Crippen molar-refractivity contribution in [2.24, 2.45) is 5.92 Å². The van der Waals surface area contributed by atoms with Gasteiger partial charge in [0.15, 0.2) is 0 Å². The molecule has 4 rings (SSSR count). The highest BCUT2D eigenvalue weighted by atomic mass is 19.1. The van der Waals surface area contributed by atoms with E-state index in [1.165, 1.54) is 42.0 Å². The molecule has 3 atom stereocenters. The van der Waals surface area contributed by atoms with Crippen molar-refractivity contribution in [3.63, 3.8) is 0 Å². The maximum Gasteiger partial charge on any atom is 0.251 e. The minimum absolute atomic E-state index is 0.0351. The third kappa shape index (κ3) is 7.10. The van der Waals surface area contributed by atoms with Crippen LogP contribution in [0, 0.1) is 17.6 Å². The number of rotatable bonds is 10. The number of carbonyl (C=O) groups is 2. The molecule has 188 valence electrons. The molecule has 7 heteroatoms. The standard InChI is InChI=1S/C28H35F2N3O2/c1-32-15-17-33(18-16-32)28(35)26(31-27(34)21-9-13-24(30)14-10-21)6-4-2-3-5-22-19-25(22)20-7-11-23(29)12-8-20/h7-14,22,25-26H,2-6,15-19H2,1H3,(H,31,34)/t22-,25+,26+/m1/s1. The zero-order chi connectivity index (χ0) is 24.8. The minimum Gasteiger partial charge on any atom is -0.340 e. The van der Waals surface area contributed by atoms with E-state index in [1.54, 1.807) is 0 Å². The van der Waals surface area contributed by atoms with Crippen LogP contribution in [0.5, 0.6) is 0 Å². The normalized spacial score (nSPS) is 20.9. The smallest absolute Gasteiger partial charge is 0.251 e. The number of nitrogens with zero attached hydrogens (tertiary/aromatic N) is 2. The maximum absolute atomic E-state index is 13.2. The first-order chi connectivity index (χ1) is 16.9. The molecule has 2 fully saturated rings. The topological polar surface area (TPSA) is 52.6 Å². The van der Waals surface area contributed by atoms with Crippen LogP contribution in [0.25, 0.3) is 0 Å². The summed E-state index contributed by atoms with van der Waals surface area (Å²) in [5, 5.41) is 2.91. The third-order valence-electron chi connectivity index (χ3n) is 7.31. The molecule has 2 aromatic carbocycles. The monoisotopic (exact) mass is 483 g/mol. The van der Waals surface area contributed by atoms with Crippen LogP contribution >= 0.6 is 0 Å². The Balaban J connectivity index is 1.26. The van der Waals surface area contributed by atoms with Crippen LogP contribution in [0.15, 0.2) is 48.5 Å². The van der Waals surface area contributed by atoms with E-state index in [2.05, 4.69) is 10.2 Å². The van der Waals surface area contributed by atoms with Gasteiger partial charge < -0.3 is 15.1 Å². The van der Waals surface area contributed by atoms with Gasteiger partial charge in [0.1, 0.15) is 17.7 Å². The first-order valence-electron chi connectivity index (χ1n) is 12.7. The van der Waals surface area contributed by atoms with Gasteiger partial charge in [-0.05, 0) is 80.1 Å². The molecular formula is C28H35F2N3O2. The molecule has 0 bridgehead atoms. The van der Waals surface area contributed by atoms with Crippen LogP contribution < -0.4 is 5.32 Å². The fourth-order valence-electron chi connectivity index (χ4n) is 4.96. The van der Waals surface area contributed by atoms with Crippen LogP contribution in [-0.4, -0.2) is 60.9 Å². The van der Waals surface area contributed by atoms with Gasteiger partial charge in [0.05, 0.1) is 0 Å². The third-order valence-corrected chi connectivity index (χ3v) is 7.31. The predicted molar refractivity (Wildman–Crippen MR) is 132 cm³/mol. The fourth-order valence-corrected chi connectivity index (χ4v) is 4.96. The highest BCUT2D eigenvalue weighted by molar-refractivity contribution is 5.97. The van der Waals surface area contributed by atoms with Crippen LogP contribution in [0.3, 0.4) is 0 Å². The molecule has 2 aliphatic rings. The SMILES string of the molecule is CN1CCN(C(=O)[C@H](CCCCC[C@@H]2C[C@H]2c2ccc(F)cc2)NC(=O)c2ccc(F)cc2)CC1. The van der Waals surface area contributed by atoms with Crippen molar-refractivity contribution >= 4 is 11.8 Å². The number of unbranched alkanes of at least 4 members (excludes halogenated alkanes) is 2. The van der Waals surface area contributed by atoms with Crippen molar-refractivity contribution in [3.8, 4) is 0 Å². The lowest BCUT2D eigenvalue weighted by atomic mass is 10.0. The van der Waals surface area contributed by atoms with Gasteiger partial charge >= 0.3 is 0 Å². The Kier molecular flexibility index (Phi) is 8.50. The Bertz CT molecular complexity index is 988. The van der Waals surface area contributed by atoms with E-state index in [4.69, 9.17) is 0 Å². The molecule has 35 heavy (non-hydrogen) atoms. The van der Waals surface area contributed by atoms with Crippen molar-refractivity contribution in [1.29, 1.82) is 0 Å². The molecule has 0 unspecified atom stereocenters. The number of nitrogens with one attached hydrogen (secondary N) is 1. The summed E-state index contributed by atoms with van der Waals surface area (Å²) in [7, 11) is 2.04. The summed E-state index contributed by atoms with van der Waals surface area (Å²) in [6, 6.07) is 11.6. The number of amides is 2. The Labute approximate surface area is 206 Å². The molecule has 1 N–H and O–H groups in total. The second-order valence-corrected chi connectivity index (χ2v) is 9.95. The first-order valence-corrected chi connectivity index (χ1v) is 12.7. The van der Waals surface area contributed by atoms with Crippen LogP contribution in [0.4, 0.5) is 8.78 Å². The molecule has 1 saturated carbocycles. The van der Waals surface area contributed by atoms with Gasteiger partial charge in [-0.3, -0.25) is 9.59 Å². The first kappa shape index (κ1) is 25.3. The summed E-state index contributed by atoms with van der Waals surface area (Å²) < 4.78 is 26.4. The van der Waals surface area contributed by atoms with E-state index in [0.717, 1.165) is 45.2 Å². The number of hydrogen-bond acceptors (Lipinski definition) is 3. The molecular weight excluding hydrogens is 448 g/mol. The summed E-state index contributed by atoms with van der Waals surface area (Å²) >= 11 is 0. The average Bonchev–Trinajstić information content (AvgIpc) is 3.63. The molecule has 1 heterocycles. The average molecular weight is 484 g/mol. The van der Waals surface area contributed by atoms with E-state index in [9.17, 15) is 18.4 Å². The number of likely N-dealkylation sites (N-methyl/N-ethyl adjacent to an activating group) is 1. The number of piperazine rings is 1. The van der Waals surface area contributed by atoms with Gasteiger partial charge in [-0.2, -0.15) is 0 Å². The van der Waals surface area contributed by atoms with E-state index >= 15 is 0 Å². The quantitative estimate of drug-likeness (QED) is 0.503. The van der Waals surface area contributed by atoms with Gasteiger partial charge in [0, 0.05) is 31.7 Å². The molecule has 1 aliphatic carbocycles. The van der Waals surface area contributed by atoms with Crippen LogP contribution in [0.1, 0.15) is 60.4 Å². The summed E-state index contributed by atoms with van der Waals surface area (Å²) in [6.45, 7) is 2.96. The lowest BCUT2D eigenvalue weighted by Crippen LogP contribution is -2.54. The molecule has 5 nitrogen and oxygen atoms in total. The second kappa shape index (κ2) is 11.8. The van der Waals surface area contributed by atoms with E-state index in [1.807, 2.05) is 24.1 Å². The highest BCUT2D eigenvalue weighted by Gasteiger charge is 2.37. The van der Waals surface area contributed by atoms with Crippen molar-refractivity contribution in [2.75, 3.05) is 33.2 Å². The Morgan fingerprint density at radius 2 is 1.54 bits per heavy atom. The Morgan fingerprint density at radius 3 is 2.20 bits per heavy atom. The highest BCUT2D eigenvalue weighted by Crippen LogP contribution is 2.50. The van der Waals surface area contributed by atoms with Gasteiger partial charge in [0.25, 0.3) is 5.91 Å². The molecule has 1 aliphatic heterocycles. The maximum atomic E-state index is 13.2. The van der Waals surface area contributed by atoms with Gasteiger partial charge in [-0.25, -0.2) is 8.78 Å². The summed E-state index contributed by atoms with van der Waals surface area (Å²) in [5.74, 6) is 0.213. The predicted octanol–water partition coefficient (Wildman–Crippen LogP) is 4.59. The number of hydrogen-bond donors (Lipinski definition) is 1. The van der Waals surface area contributed by atoms with Crippen molar-refractivity contribution in [3.05, 3.63) is 71.3 Å². The molecule has 0 aromatic heterocycles. The molecule has 2 amide bonds. The summed E-state index contributed by atoms with van der Waals surface area (Å²) in [5.41, 5.74) is 1.57.